The van der Waals surface area contributed by atoms with Crippen LogP contribution in [0.25, 0.3) is 0 Å². The Bertz CT molecular complexity index is 754. The summed E-state index contributed by atoms with van der Waals surface area (Å²) in [5.41, 5.74) is 1.30. The molecule has 0 bridgehead atoms. The lowest BCUT2D eigenvalue weighted by atomic mass is 9.79. The van der Waals surface area contributed by atoms with Gasteiger partial charge in [-0.1, -0.05) is 48.5 Å². The predicted octanol–water partition coefficient (Wildman–Crippen LogP) is 4.48. The third-order valence-corrected chi connectivity index (χ3v) is 5.96. The van der Waals surface area contributed by atoms with Crippen LogP contribution in [0.2, 0.25) is 0 Å². The average Bonchev–Trinajstić information content (AvgIpc) is 2.74. The number of carbonyl (C=O) groups excluding carboxylic acids is 1. The molecule has 2 aromatic carbocycles. The molecule has 1 aliphatic heterocycles. The Morgan fingerprint density at radius 3 is 2.41 bits per heavy atom. The molecule has 0 saturated carbocycles. The highest BCUT2D eigenvalue weighted by molar-refractivity contribution is 7.98. The summed E-state index contributed by atoms with van der Waals surface area (Å²) in [7, 11) is 0. The van der Waals surface area contributed by atoms with Gasteiger partial charge in [0.15, 0.2) is 5.78 Å². The van der Waals surface area contributed by atoms with Gasteiger partial charge in [-0.25, -0.2) is 0 Å². The molecule has 1 saturated heterocycles. The minimum atomic E-state index is -0.631. The van der Waals surface area contributed by atoms with Crippen molar-refractivity contribution >= 4 is 17.5 Å². The van der Waals surface area contributed by atoms with Crippen molar-refractivity contribution in [3.8, 4) is 0 Å². The fourth-order valence-corrected chi connectivity index (χ4v) is 4.21. The number of benzene rings is 2. The van der Waals surface area contributed by atoms with E-state index in [1.165, 1.54) is 5.56 Å². The van der Waals surface area contributed by atoms with E-state index in [2.05, 4.69) is 23.6 Å². The summed E-state index contributed by atoms with van der Waals surface area (Å²) < 4.78 is 5.56. The molecule has 2 aromatic rings. The molecule has 0 N–H and O–H groups in total. The van der Waals surface area contributed by atoms with Crippen LogP contribution >= 0.6 is 11.8 Å². The second kappa shape index (κ2) is 9.36. The number of carbonyl (C=O) groups is 1. The maximum atomic E-state index is 13.8. The fourth-order valence-electron chi connectivity index (χ4n) is 3.80. The van der Waals surface area contributed by atoms with E-state index in [4.69, 9.17) is 4.74 Å². The molecule has 1 unspecified atom stereocenters. The van der Waals surface area contributed by atoms with E-state index in [9.17, 15) is 4.79 Å². The summed E-state index contributed by atoms with van der Waals surface area (Å²) in [5.74, 6) is 0.167. The molecule has 0 spiro atoms. The predicted molar refractivity (Wildman–Crippen MR) is 113 cm³/mol. The minimum Gasteiger partial charge on any atom is -0.379 e. The standard InChI is InChI=1S/C23H27NO2S/c1-3-13-23(24-14-16-26-17-15-24,18-19-7-5-4-6-8-19)22(25)20-9-11-21(27-2)12-10-20/h3-12H,1,13-18H2,2H3. The van der Waals surface area contributed by atoms with Crippen molar-refractivity contribution in [2.75, 3.05) is 32.6 Å². The highest BCUT2D eigenvalue weighted by Crippen LogP contribution is 2.31. The SMILES string of the molecule is C=CCC(Cc1ccccc1)(C(=O)c1ccc(SC)cc1)N1CCOCC1. The average molecular weight is 382 g/mol. The normalized spacial score (nSPS) is 17.2. The van der Waals surface area contributed by atoms with Crippen molar-refractivity contribution < 1.29 is 9.53 Å². The first-order valence-corrected chi connectivity index (χ1v) is 10.6. The summed E-state index contributed by atoms with van der Waals surface area (Å²) in [4.78, 5) is 17.3. The van der Waals surface area contributed by atoms with Gasteiger partial charge in [0.05, 0.1) is 18.8 Å². The lowest BCUT2D eigenvalue weighted by Gasteiger charge is -2.44. The fraction of sp³-hybridized carbons (Fsp3) is 0.348. The number of nitrogens with zero attached hydrogens (tertiary/aromatic N) is 1. The molecular weight excluding hydrogens is 354 g/mol. The zero-order valence-electron chi connectivity index (χ0n) is 15.9. The molecule has 1 fully saturated rings. The molecule has 1 heterocycles. The van der Waals surface area contributed by atoms with Crippen molar-refractivity contribution in [1.82, 2.24) is 4.90 Å². The van der Waals surface area contributed by atoms with Gasteiger partial charge in [-0.3, -0.25) is 9.69 Å². The van der Waals surface area contributed by atoms with Crippen molar-refractivity contribution in [2.45, 2.75) is 23.3 Å². The minimum absolute atomic E-state index is 0.167. The number of morpholine rings is 1. The number of hydrogen-bond donors (Lipinski definition) is 0. The Balaban J connectivity index is 2.02. The highest BCUT2D eigenvalue weighted by atomic mass is 32.2. The Hall–Kier alpha value is -1.88. The van der Waals surface area contributed by atoms with E-state index >= 15 is 0 Å². The molecule has 0 radical (unpaired) electrons. The lowest BCUT2D eigenvalue weighted by molar-refractivity contribution is -0.0142. The summed E-state index contributed by atoms with van der Waals surface area (Å²) in [6, 6.07) is 18.2. The number of rotatable bonds is 8. The van der Waals surface area contributed by atoms with Gasteiger partial charge in [0, 0.05) is 23.5 Å². The smallest absolute Gasteiger partial charge is 0.183 e. The van der Waals surface area contributed by atoms with Crippen LogP contribution < -0.4 is 0 Å². The van der Waals surface area contributed by atoms with Gasteiger partial charge in [-0.15, -0.1) is 18.3 Å². The molecule has 0 amide bonds. The summed E-state index contributed by atoms with van der Waals surface area (Å²) in [6.07, 6.45) is 5.21. The van der Waals surface area contributed by atoms with Crippen molar-refractivity contribution in [3.05, 3.63) is 78.4 Å². The third-order valence-electron chi connectivity index (χ3n) is 5.21. The Morgan fingerprint density at radius 1 is 1.15 bits per heavy atom. The van der Waals surface area contributed by atoms with E-state index in [-0.39, 0.29) is 5.78 Å². The monoisotopic (exact) mass is 381 g/mol. The summed E-state index contributed by atoms with van der Waals surface area (Å²) in [6.45, 7) is 6.81. The van der Waals surface area contributed by atoms with Crippen molar-refractivity contribution in [3.63, 3.8) is 0 Å². The van der Waals surface area contributed by atoms with Crippen molar-refractivity contribution in [1.29, 1.82) is 0 Å². The molecule has 1 atom stereocenters. The topological polar surface area (TPSA) is 29.5 Å². The molecule has 27 heavy (non-hydrogen) atoms. The second-order valence-corrected chi connectivity index (χ2v) is 7.72. The Kier molecular flexibility index (Phi) is 6.89. The third kappa shape index (κ3) is 4.52. The number of hydrogen-bond acceptors (Lipinski definition) is 4. The first-order valence-electron chi connectivity index (χ1n) is 9.36. The molecule has 0 aromatic heterocycles. The van der Waals surface area contributed by atoms with Crippen LogP contribution in [-0.4, -0.2) is 48.8 Å². The van der Waals surface area contributed by atoms with E-state index in [1.807, 2.05) is 54.8 Å². The molecule has 0 aliphatic carbocycles. The highest BCUT2D eigenvalue weighted by Gasteiger charge is 2.43. The van der Waals surface area contributed by atoms with Gasteiger partial charge in [0.2, 0.25) is 0 Å². The molecular formula is C23H27NO2S. The van der Waals surface area contributed by atoms with Crippen LogP contribution in [0.5, 0.6) is 0 Å². The van der Waals surface area contributed by atoms with Gasteiger partial charge in [-0.05, 0) is 36.8 Å². The quantitative estimate of drug-likeness (QED) is 0.383. The zero-order valence-corrected chi connectivity index (χ0v) is 16.7. The van der Waals surface area contributed by atoms with Gasteiger partial charge in [0.1, 0.15) is 0 Å². The summed E-state index contributed by atoms with van der Waals surface area (Å²) >= 11 is 1.68. The van der Waals surface area contributed by atoms with Crippen LogP contribution in [0, 0.1) is 0 Å². The number of Topliss-reactive ketones (excluding diaryl/α,β-unsaturated/α-hetero) is 1. The lowest BCUT2D eigenvalue weighted by Crippen LogP contribution is -2.59. The van der Waals surface area contributed by atoms with Crippen LogP contribution in [0.4, 0.5) is 0 Å². The molecule has 4 heteroatoms. The number of ether oxygens (including phenoxy) is 1. The number of ketones is 1. The Morgan fingerprint density at radius 2 is 1.81 bits per heavy atom. The van der Waals surface area contributed by atoms with Crippen LogP contribution in [0.15, 0.2) is 72.1 Å². The largest absolute Gasteiger partial charge is 0.379 e. The van der Waals surface area contributed by atoms with Gasteiger partial charge < -0.3 is 4.74 Å². The number of thioether (sulfide) groups is 1. The first kappa shape index (κ1) is 19.9. The maximum absolute atomic E-state index is 13.8. The van der Waals surface area contributed by atoms with Crippen molar-refractivity contribution in [2.24, 2.45) is 0 Å². The van der Waals surface area contributed by atoms with Gasteiger partial charge >= 0.3 is 0 Å². The molecule has 3 nitrogen and oxygen atoms in total. The van der Waals surface area contributed by atoms with E-state index in [0.29, 0.717) is 26.1 Å². The molecule has 1 aliphatic rings. The van der Waals surface area contributed by atoms with Crippen LogP contribution in [0.3, 0.4) is 0 Å². The van der Waals surface area contributed by atoms with E-state index < -0.39 is 5.54 Å². The second-order valence-electron chi connectivity index (χ2n) is 6.84. The zero-order chi connectivity index (χ0) is 19.1. The van der Waals surface area contributed by atoms with Crippen LogP contribution in [-0.2, 0) is 11.2 Å². The molecule has 3 rings (SSSR count). The van der Waals surface area contributed by atoms with Crippen LogP contribution in [0.1, 0.15) is 22.3 Å². The van der Waals surface area contributed by atoms with E-state index in [0.717, 1.165) is 23.5 Å². The summed E-state index contributed by atoms with van der Waals surface area (Å²) in [5, 5.41) is 0. The Labute approximate surface area is 166 Å². The van der Waals surface area contributed by atoms with Gasteiger partial charge in [-0.2, -0.15) is 0 Å². The van der Waals surface area contributed by atoms with E-state index in [1.54, 1.807) is 11.8 Å². The van der Waals surface area contributed by atoms with Gasteiger partial charge in [0.25, 0.3) is 0 Å². The molecule has 142 valence electrons. The first-order chi connectivity index (χ1) is 13.2. The maximum Gasteiger partial charge on any atom is 0.183 e.